The van der Waals surface area contributed by atoms with Gasteiger partial charge in [0.25, 0.3) is 0 Å². The third-order valence-electron chi connectivity index (χ3n) is 4.11. The smallest absolute Gasteiger partial charge is 0.339 e. The number of anilines is 1. The van der Waals surface area contributed by atoms with Gasteiger partial charge in [-0.3, -0.25) is 4.90 Å². The van der Waals surface area contributed by atoms with Crippen LogP contribution in [0.1, 0.15) is 17.3 Å². The minimum absolute atomic E-state index is 0.307. The average Bonchev–Trinajstić information content (AvgIpc) is 2.48. The molecule has 2 saturated heterocycles. The van der Waals surface area contributed by atoms with Gasteiger partial charge in [-0.1, -0.05) is 0 Å². The van der Waals surface area contributed by atoms with Gasteiger partial charge in [0, 0.05) is 51.5 Å². The van der Waals surface area contributed by atoms with Crippen molar-refractivity contribution in [3.8, 4) is 0 Å². The van der Waals surface area contributed by atoms with Gasteiger partial charge < -0.3 is 15.0 Å². The summed E-state index contributed by atoms with van der Waals surface area (Å²) < 4.78 is 4.96. The van der Waals surface area contributed by atoms with Crippen molar-refractivity contribution in [3.05, 3.63) is 23.9 Å². The fourth-order valence-corrected chi connectivity index (χ4v) is 2.83. The first-order valence-corrected chi connectivity index (χ1v) is 7.61. The molecular weight excluding hydrogens is 268 g/mol. The molecule has 2 aliphatic heterocycles. The second kappa shape index (κ2) is 6.41. The van der Waals surface area contributed by atoms with Crippen molar-refractivity contribution in [2.45, 2.75) is 13.0 Å². The van der Waals surface area contributed by atoms with E-state index in [0.29, 0.717) is 18.2 Å². The van der Waals surface area contributed by atoms with Crippen LogP contribution in [-0.4, -0.2) is 67.8 Å². The molecule has 0 atom stereocenters. The first kappa shape index (κ1) is 14.3. The summed E-state index contributed by atoms with van der Waals surface area (Å²) in [4.78, 5) is 20.8. The van der Waals surface area contributed by atoms with Crippen LogP contribution in [0.5, 0.6) is 0 Å². The van der Waals surface area contributed by atoms with E-state index < -0.39 is 0 Å². The summed E-state index contributed by atoms with van der Waals surface area (Å²) in [5.41, 5.74) is 0.514. The second-order valence-electron chi connectivity index (χ2n) is 5.47. The quantitative estimate of drug-likeness (QED) is 0.808. The molecule has 2 aliphatic rings. The molecule has 1 aromatic heterocycles. The summed E-state index contributed by atoms with van der Waals surface area (Å²) in [6, 6.07) is 4.33. The Morgan fingerprint density at radius 1 is 1.38 bits per heavy atom. The standard InChI is InChI=1S/C15H22N4O2/c1-2-21-15(20)12-3-4-14(17-9-12)19-10-13(11-19)18-7-5-16-6-8-18/h3-4,9,13,16H,2,5-8,10-11H2,1H3. The van der Waals surface area contributed by atoms with E-state index >= 15 is 0 Å². The fraction of sp³-hybridized carbons (Fsp3) is 0.600. The molecule has 0 bridgehead atoms. The predicted octanol–water partition coefficient (Wildman–Crippen LogP) is 0.352. The van der Waals surface area contributed by atoms with Gasteiger partial charge in [-0.15, -0.1) is 0 Å². The van der Waals surface area contributed by atoms with Crippen LogP contribution in [0.25, 0.3) is 0 Å². The molecule has 6 nitrogen and oxygen atoms in total. The molecule has 0 radical (unpaired) electrons. The van der Waals surface area contributed by atoms with Crippen LogP contribution in [0.4, 0.5) is 5.82 Å². The number of esters is 1. The molecule has 1 N–H and O–H groups in total. The van der Waals surface area contributed by atoms with Crippen LogP contribution >= 0.6 is 0 Å². The van der Waals surface area contributed by atoms with E-state index in [9.17, 15) is 4.79 Å². The Labute approximate surface area is 125 Å². The Morgan fingerprint density at radius 3 is 2.76 bits per heavy atom. The number of rotatable bonds is 4. The Bertz CT molecular complexity index is 479. The van der Waals surface area contributed by atoms with Crippen LogP contribution < -0.4 is 10.2 Å². The first-order chi connectivity index (χ1) is 10.3. The topological polar surface area (TPSA) is 57.7 Å². The average molecular weight is 290 g/mol. The molecule has 6 heteroatoms. The molecule has 3 rings (SSSR count). The molecule has 2 fully saturated rings. The summed E-state index contributed by atoms with van der Waals surface area (Å²) >= 11 is 0. The van der Waals surface area contributed by atoms with E-state index in [0.717, 1.165) is 45.1 Å². The first-order valence-electron chi connectivity index (χ1n) is 7.61. The number of hydrogen-bond acceptors (Lipinski definition) is 6. The van der Waals surface area contributed by atoms with Crippen molar-refractivity contribution < 1.29 is 9.53 Å². The van der Waals surface area contributed by atoms with Gasteiger partial charge in [-0.05, 0) is 19.1 Å². The lowest BCUT2D eigenvalue weighted by atomic mass is 10.1. The van der Waals surface area contributed by atoms with Crippen LogP contribution in [0.2, 0.25) is 0 Å². The Hall–Kier alpha value is -1.66. The normalized spacial score (nSPS) is 20.1. The largest absolute Gasteiger partial charge is 0.462 e. The molecular formula is C15H22N4O2. The minimum atomic E-state index is -0.307. The number of piperazine rings is 1. The second-order valence-corrected chi connectivity index (χ2v) is 5.47. The third kappa shape index (κ3) is 3.16. The fourth-order valence-electron chi connectivity index (χ4n) is 2.83. The van der Waals surface area contributed by atoms with Gasteiger partial charge in [-0.25, -0.2) is 9.78 Å². The summed E-state index contributed by atoms with van der Waals surface area (Å²) in [5.74, 6) is 0.633. The third-order valence-corrected chi connectivity index (χ3v) is 4.11. The zero-order valence-corrected chi connectivity index (χ0v) is 12.4. The highest BCUT2D eigenvalue weighted by Gasteiger charge is 2.32. The van der Waals surface area contributed by atoms with Gasteiger partial charge in [-0.2, -0.15) is 0 Å². The number of aromatic nitrogens is 1. The molecule has 1 aromatic rings. The number of pyridine rings is 1. The van der Waals surface area contributed by atoms with Crippen molar-refractivity contribution in [2.75, 3.05) is 50.8 Å². The zero-order chi connectivity index (χ0) is 14.7. The number of nitrogens with one attached hydrogen (secondary N) is 1. The van der Waals surface area contributed by atoms with Gasteiger partial charge in [0.05, 0.1) is 12.2 Å². The predicted molar refractivity (Wildman–Crippen MR) is 80.6 cm³/mol. The number of nitrogens with zero attached hydrogens (tertiary/aromatic N) is 3. The van der Waals surface area contributed by atoms with E-state index in [2.05, 4.69) is 20.1 Å². The van der Waals surface area contributed by atoms with E-state index in [1.807, 2.05) is 6.07 Å². The molecule has 0 spiro atoms. The van der Waals surface area contributed by atoms with Gasteiger partial charge in [0.15, 0.2) is 0 Å². The lowest BCUT2D eigenvalue weighted by Gasteiger charge is -2.47. The van der Waals surface area contributed by atoms with Crippen LogP contribution in [0, 0.1) is 0 Å². The number of carbonyl (C=O) groups is 1. The van der Waals surface area contributed by atoms with Crippen molar-refractivity contribution in [2.24, 2.45) is 0 Å². The maximum absolute atomic E-state index is 11.6. The highest BCUT2D eigenvalue weighted by atomic mass is 16.5. The van der Waals surface area contributed by atoms with Gasteiger partial charge >= 0.3 is 5.97 Å². The SMILES string of the molecule is CCOC(=O)c1ccc(N2CC(N3CCNCC3)C2)nc1. The number of hydrogen-bond donors (Lipinski definition) is 1. The highest BCUT2D eigenvalue weighted by molar-refractivity contribution is 5.89. The van der Waals surface area contributed by atoms with E-state index in [-0.39, 0.29) is 5.97 Å². The van der Waals surface area contributed by atoms with E-state index in [4.69, 9.17) is 4.74 Å². The van der Waals surface area contributed by atoms with Crippen LogP contribution in [0.15, 0.2) is 18.3 Å². The van der Waals surface area contributed by atoms with Gasteiger partial charge in [0.1, 0.15) is 5.82 Å². The molecule has 0 aromatic carbocycles. The van der Waals surface area contributed by atoms with Crippen LogP contribution in [0.3, 0.4) is 0 Å². The molecule has 3 heterocycles. The Balaban J connectivity index is 1.53. The minimum Gasteiger partial charge on any atom is -0.462 e. The summed E-state index contributed by atoms with van der Waals surface area (Å²) in [6.45, 7) is 8.67. The summed E-state index contributed by atoms with van der Waals surface area (Å²) in [7, 11) is 0. The van der Waals surface area contributed by atoms with Crippen molar-refractivity contribution >= 4 is 11.8 Å². The summed E-state index contributed by atoms with van der Waals surface area (Å²) in [6.07, 6.45) is 1.60. The molecule has 114 valence electrons. The summed E-state index contributed by atoms with van der Waals surface area (Å²) in [5, 5.41) is 3.38. The van der Waals surface area contributed by atoms with Crippen molar-refractivity contribution in [3.63, 3.8) is 0 Å². The number of ether oxygens (including phenoxy) is 1. The van der Waals surface area contributed by atoms with Gasteiger partial charge in [0.2, 0.25) is 0 Å². The number of carbonyl (C=O) groups excluding carboxylic acids is 1. The monoisotopic (exact) mass is 290 g/mol. The van der Waals surface area contributed by atoms with E-state index in [1.165, 1.54) is 0 Å². The lowest BCUT2D eigenvalue weighted by Crippen LogP contribution is -2.63. The van der Waals surface area contributed by atoms with E-state index in [1.54, 1.807) is 19.2 Å². The maximum Gasteiger partial charge on any atom is 0.339 e. The lowest BCUT2D eigenvalue weighted by molar-refractivity contribution is 0.0526. The maximum atomic E-state index is 11.6. The van der Waals surface area contributed by atoms with Crippen LogP contribution in [-0.2, 0) is 4.74 Å². The molecule has 21 heavy (non-hydrogen) atoms. The Morgan fingerprint density at radius 2 is 2.14 bits per heavy atom. The molecule has 0 saturated carbocycles. The van der Waals surface area contributed by atoms with Crippen molar-refractivity contribution in [1.82, 2.24) is 15.2 Å². The Kier molecular flexibility index (Phi) is 4.36. The molecule has 0 aliphatic carbocycles. The van der Waals surface area contributed by atoms with Crippen molar-refractivity contribution in [1.29, 1.82) is 0 Å². The molecule has 0 unspecified atom stereocenters. The highest BCUT2D eigenvalue weighted by Crippen LogP contribution is 2.22. The molecule has 0 amide bonds. The zero-order valence-electron chi connectivity index (χ0n) is 12.4.